The molecule has 0 aliphatic carbocycles. The number of imidazole rings is 1. The van der Waals surface area contributed by atoms with Crippen molar-refractivity contribution in [3.8, 4) is 0 Å². The van der Waals surface area contributed by atoms with E-state index in [9.17, 15) is 0 Å². The van der Waals surface area contributed by atoms with E-state index in [-0.39, 0.29) is 0 Å². The number of nitrogens with one attached hydrogen (secondary N) is 2. The van der Waals surface area contributed by atoms with Gasteiger partial charge >= 0.3 is 0 Å². The van der Waals surface area contributed by atoms with Gasteiger partial charge in [-0.15, -0.1) is 0 Å². The van der Waals surface area contributed by atoms with E-state index in [4.69, 9.17) is 0 Å². The van der Waals surface area contributed by atoms with Gasteiger partial charge in [-0.1, -0.05) is 27.7 Å². The molecule has 1 unspecified atom stereocenters. The third kappa shape index (κ3) is 3.50. The van der Waals surface area contributed by atoms with Crippen LogP contribution in [0.3, 0.4) is 0 Å². The largest absolute Gasteiger partial charge is 0.347 e. The number of nitrogens with zero attached hydrogens (tertiary/aromatic N) is 1. The van der Waals surface area contributed by atoms with Crippen LogP contribution in [0.1, 0.15) is 46.0 Å². The standard InChI is InChI=1S/C11H21N3/c1-5-9(10-12-6-7-13-10)14-8-11(2,3)4/h6-7,9,14H,5,8H2,1-4H3,(H,12,13). The number of hydrogen-bond donors (Lipinski definition) is 2. The molecular formula is C11H21N3. The summed E-state index contributed by atoms with van der Waals surface area (Å²) < 4.78 is 0. The summed E-state index contributed by atoms with van der Waals surface area (Å²) in [6.07, 6.45) is 4.73. The molecule has 0 amide bonds. The van der Waals surface area contributed by atoms with E-state index in [1.54, 1.807) is 6.20 Å². The maximum atomic E-state index is 4.27. The number of aromatic nitrogens is 2. The lowest BCUT2D eigenvalue weighted by Gasteiger charge is -2.23. The molecule has 0 aromatic carbocycles. The maximum Gasteiger partial charge on any atom is 0.123 e. The summed E-state index contributed by atoms with van der Waals surface area (Å²) in [7, 11) is 0. The lowest BCUT2D eigenvalue weighted by Crippen LogP contribution is -2.30. The van der Waals surface area contributed by atoms with Gasteiger partial charge in [0, 0.05) is 18.9 Å². The number of hydrogen-bond acceptors (Lipinski definition) is 2. The summed E-state index contributed by atoms with van der Waals surface area (Å²) >= 11 is 0. The smallest absolute Gasteiger partial charge is 0.123 e. The minimum atomic E-state index is 0.319. The van der Waals surface area contributed by atoms with Gasteiger partial charge in [0.1, 0.15) is 5.82 Å². The predicted molar refractivity (Wildman–Crippen MR) is 59.1 cm³/mol. The molecule has 3 heteroatoms. The first-order valence-corrected chi connectivity index (χ1v) is 5.25. The lowest BCUT2D eigenvalue weighted by molar-refractivity contribution is 0.344. The normalized spacial score (nSPS) is 14.3. The van der Waals surface area contributed by atoms with Crippen molar-refractivity contribution >= 4 is 0 Å². The van der Waals surface area contributed by atoms with Crippen molar-refractivity contribution in [3.05, 3.63) is 18.2 Å². The Hall–Kier alpha value is -0.830. The molecule has 1 rings (SSSR count). The summed E-state index contributed by atoms with van der Waals surface area (Å²) in [6, 6.07) is 0.351. The summed E-state index contributed by atoms with van der Waals surface area (Å²) in [5.41, 5.74) is 0.319. The van der Waals surface area contributed by atoms with Crippen LogP contribution in [-0.2, 0) is 0 Å². The molecule has 0 saturated carbocycles. The van der Waals surface area contributed by atoms with Gasteiger partial charge in [0.05, 0.1) is 6.04 Å². The van der Waals surface area contributed by atoms with Gasteiger partial charge in [-0.05, 0) is 11.8 Å². The van der Waals surface area contributed by atoms with Crippen LogP contribution in [0.2, 0.25) is 0 Å². The second-order valence-electron chi connectivity index (χ2n) is 4.88. The molecule has 0 aliphatic rings. The summed E-state index contributed by atoms with van der Waals surface area (Å²) in [6.45, 7) is 9.87. The Bertz CT molecular complexity index is 246. The lowest BCUT2D eigenvalue weighted by atomic mass is 9.96. The van der Waals surface area contributed by atoms with E-state index in [0.717, 1.165) is 18.8 Å². The Morgan fingerprint density at radius 1 is 1.50 bits per heavy atom. The van der Waals surface area contributed by atoms with E-state index in [1.807, 2.05) is 6.20 Å². The van der Waals surface area contributed by atoms with Gasteiger partial charge in [0.25, 0.3) is 0 Å². The first kappa shape index (κ1) is 11.2. The van der Waals surface area contributed by atoms with Crippen LogP contribution in [0.25, 0.3) is 0 Å². The average molecular weight is 195 g/mol. The van der Waals surface area contributed by atoms with Crippen molar-refractivity contribution in [1.29, 1.82) is 0 Å². The van der Waals surface area contributed by atoms with Crippen molar-refractivity contribution in [2.45, 2.75) is 40.2 Å². The highest BCUT2D eigenvalue weighted by Gasteiger charge is 2.15. The maximum absolute atomic E-state index is 4.27. The predicted octanol–water partition coefficient (Wildman–Crippen LogP) is 2.50. The van der Waals surface area contributed by atoms with Gasteiger partial charge in [0.2, 0.25) is 0 Å². The third-order valence-electron chi connectivity index (χ3n) is 2.14. The molecule has 0 spiro atoms. The number of aromatic amines is 1. The van der Waals surface area contributed by atoms with E-state index >= 15 is 0 Å². The van der Waals surface area contributed by atoms with Gasteiger partial charge in [-0.25, -0.2) is 4.98 Å². The topological polar surface area (TPSA) is 40.7 Å². The Labute approximate surface area is 86.3 Å². The van der Waals surface area contributed by atoms with Crippen LogP contribution in [-0.4, -0.2) is 16.5 Å². The molecule has 0 fully saturated rings. The molecule has 3 nitrogen and oxygen atoms in total. The first-order chi connectivity index (χ1) is 6.53. The SMILES string of the molecule is CCC(NCC(C)(C)C)c1ncc[nH]1. The summed E-state index contributed by atoms with van der Waals surface area (Å²) in [4.78, 5) is 7.42. The average Bonchev–Trinajstić information content (AvgIpc) is 2.56. The van der Waals surface area contributed by atoms with Gasteiger partial charge in [-0.2, -0.15) is 0 Å². The fraction of sp³-hybridized carbons (Fsp3) is 0.727. The quantitative estimate of drug-likeness (QED) is 0.775. The van der Waals surface area contributed by atoms with Crippen LogP contribution in [0.15, 0.2) is 12.4 Å². The second kappa shape index (κ2) is 4.60. The third-order valence-corrected chi connectivity index (χ3v) is 2.14. The molecule has 0 bridgehead atoms. The molecule has 14 heavy (non-hydrogen) atoms. The molecule has 80 valence electrons. The second-order valence-corrected chi connectivity index (χ2v) is 4.88. The number of H-pyrrole nitrogens is 1. The zero-order valence-corrected chi connectivity index (χ0v) is 9.59. The van der Waals surface area contributed by atoms with Crippen LogP contribution >= 0.6 is 0 Å². The molecule has 1 aromatic rings. The fourth-order valence-corrected chi connectivity index (χ4v) is 1.33. The van der Waals surface area contributed by atoms with Crippen LogP contribution in [0.5, 0.6) is 0 Å². The molecule has 1 aromatic heterocycles. The highest BCUT2D eigenvalue weighted by atomic mass is 15.0. The van der Waals surface area contributed by atoms with Crippen LogP contribution < -0.4 is 5.32 Å². The highest BCUT2D eigenvalue weighted by Crippen LogP contribution is 2.16. The van der Waals surface area contributed by atoms with Gasteiger partial charge in [-0.3, -0.25) is 0 Å². The molecule has 1 heterocycles. The molecule has 0 aliphatic heterocycles. The fourth-order valence-electron chi connectivity index (χ4n) is 1.33. The molecule has 2 N–H and O–H groups in total. The van der Waals surface area contributed by atoms with Crippen molar-refractivity contribution in [1.82, 2.24) is 15.3 Å². The van der Waals surface area contributed by atoms with Gasteiger partial charge in [0.15, 0.2) is 0 Å². The van der Waals surface area contributed by atoms with Crippen molar-refractivity contribution in [3.63, 3.8) is 0 Å². The molecule has 0 saturated heterocycles. The zero-order chi connectivity index (χ0) is 10.6. The van der Waals surface area contributed by atoms with Crippen molar-refractivity contribution in [2.75, 3.05) is 6.54 Å². The Morgan fingerprint density at radius 2 is 2.21 bits per heavy atom. The van der Waals surface area contributed by atoms with E-state index in [0.29, 0.717) is 11.5 Å². The zero-order valence-electron chi connectivity index (χ0n) is 9.59. The summed E-state index contributed by atoms with van der Waals surface area (Å²) in [5.74, 6) is 1.04. The van der Waals surface area contributed by atoms with Crippen molar-refractivity contribution < 1.29 is 0 Å². The molecular weight excluding hydrogens is 174 g/mol. The Morgan fingerprint density at radius 3 is 2.64 bits per heavy atom. The Balaban J connectivity index is 2.49. The highest BCUT2D eigenvalue weighted by molar-refractivity contribution is 4.95. The van der Waals surface area contributed by atoms with Crippen molar-refractivity contribution in [2.24, 2.45) is 5.41 Å². The van der Waals surface area contributed by atoms with E-state index < -0.39 is 0 Å². The van der Waals surface area contributed by atoms with Crippen LogP contribution in [0, 0.1) is 5.41 Å². The summed E-state index contributed by atoms with van der Waals surface area (Å²) in [5, 5.41) is 3.52. The molecule has 1 atom stereocenters. The monoisotopic (exact) mass is 195 g/mol. The van der Waals surface area contributed by atoms with Crippen LogP contribution in [0.4, 0.5) is 0 Å². The Kier molecular flexibility index (Phi) is 3.69. The minimum Gasteiger partial charge on any atom is -0.347 e. The number of rotatable bonds is 4. The molecule has 0 radical (unpaired) electrons. The van der Waals surface area contributed by atoms with E-state index in [1.165, 1.54) is 0 Å². The van der Waals surface area contributed by atoms with E-state index in [2.05, 4.69) is 43.0 Å². The van der Waals surface area contributed by atoms with Gasteiger partial charge < -0.3 is 10.3 Å². The first-order valence-electron chi connectivity index (χ1n) is 5.25. The minimum absolute atomic E-state index is 0.319.